The Kier molecular flexibility index (Phi) is 5.22. The predicted molar refractivity (Wildman–Crippen MR) is 70.6 cm³/mol. The maximum atomic E-state index is 5.65. The lowest BCUT2D eigenvalue weighted by molar-refractivity contribution is 0.585. The van der Waals surface area contributed by atoms with Crippen molar-refractivity contribution in [3.63, 3.8) is 0 Å². The molecule has 16 heavy (non-hydrogen) atoms. The Hall–Kier alpha value is -0.610. The van der Waals surface area contributed by atoms with Crippen LogP contribution in [0.25, 0.3) is 0 Å². The first-order valence-electron chi connectivity index (χ1n) is 5.60. The minimum Gasteiger partial charge on any atom is -0.330 e. The molecule has 1 unspecified atom stereocenters. The molecule has 1 aromatic heterocycles. The van der Waals surface area contributed by atoms with E-state index in [1.54, 1.807) is 11.8 Å². The summed E-state index contributed by atoms with van der Waals surface area (Å²) in [6.07, 6.45) is 3.05. The summed E-state index contributed by atoms with van der Waals surface area (Å²) in [7, 11) is 0. The van der Waals surface area contributed by atoms with Crippen LogP contribution in [0.1, 0.15) is 29.7 Å². The summed E-state index contributed by atoms with van der Waals surface area (Å²) in [4.78, 5) is 9.08. The lowest BCUT2D eigenvalue weighted by Gasteiger charge is -2.13. The summed E-state index contributed by atoms with van der Waals surface area (Å²) in [5, 5.41) is 0. The zero-order valence-electron chi connectivity index (χ0n) is 10.6. The van der Waals surface area contributed by atoms with Gasteiger partial charge in [-0.15, -0.1) is 0 Å². The molecule has 3 nitrogen and oxygen atoms in total. The smallest absolute Gasteiger partial charge is 0.138 e. The van der Waals surface area contributed by atoms with Gasteiger partial charge in [0.15, 0.2) is 0 Å². The van der Waals surface area contributed by atoms with Gasteiger partial charge in [0.1, 0.15) is 5.82 Å². The first kappa shape index (κ1) is 13.5. The maximum absolute atomic E-state index is 5.65. The fraction of sp³-hybridized carbons (Fsp3) is 0.667. The van der Waals surface area contributed by atoms with E-state index in [0.29, 0.717) is 12.5 Å². The molecule has 1 rings (SSSR count). The van der Waals surface area contributed by atoms with Crippen molar-refractivity contribution in [2.45, 2.75) is 32.9 Å². The van der Waals surface area contributed by atoms with Gasteiger partial charge in [0.05, 0.1) is 5.75 Å². The van der Waals surface area contributed by atoms with Crippen molar-refractivity contribution in [2.75, 3.05) is 12.8 Å². The molecule has 0 radical (unpaired) electrons. The monoisotopic (exact) mass is 239 g/mol. The fourth-order valence-electron chi connectivity index (χ4n) is 1.73. The highest BCUT2D eigenvalue weighted by molar-refractivity contribution is 7.97. The highest BCUT2D eigenvalue weighted by Crippen LogP contribution is 2.16. The van der Waals surface area contributed by atoms with E-state index in [-0.39, 0.29) is 0 Å². The number of nitrogens with zero attached hydrogens (tertiary/aromatic N) is 2. The first-order chi connectivity index (χ1) is 7.58. The van der Waals surface area contributed by atoms with Gasteiger partial charge in [-0.1, -0.05) is 6.92 Å². The average Bonchev–Trinajstić information content (AvgIpc) is 2.23. The van der Waals surface area contributed by atoms with Crippen LogP contribution in [0.5, 0.6) is 0 Å². The number of aromatic nitrogens is 2. The summed E-state index contributed by atoms with van der Waals surface area (Å²) in [5.41, 5.74) is 9.14. The van der Waals surface area contributed by atoms with Crippen molar-refractivity contribution < 1.29 is 0 Å². The Morgan fingerprint density at radius 1 is 1.25 bits per heavy atom. The summed E-state index contributed by atoms with van der Waals surface area (Å²) < 4.78 is 0. The largest absolute Gasteiger partial charge is 0.330 e. The summed E-state index contributed by atoms with van der Waals surface area (Å²) in [5.74, 6) is 2.31. The van der Waals surface area contributed by atoms with Crippen LogP contribution >= 0.6 is 11.8 Å². The van der Waals surface area contributed by atoms with E-state index in [9.17, 15) is 0 Å². The van der Waals surface area contributed by atoms with Gasteiger partial charge >= 0.3 is 0 Å². The second-order valence-corrected chi connectivity index (χ2v) is 5.13. The second-order valence-electron chi connectivity index (χ2n) is 4.27. The van der Waals surface area contributed by atoms with Crippen molar-refractivity contribution >= 4 is 11.8 Å². The van der Waals surface area contributed by atoms with Crippen LogP contribution in [-0.4, -0.2) is 22.8 Å². The van der Waals surface area contributed by atoms with Crippen LogP contribution < -0.4 is 5.73 Å². The predicted octanol–water partition coefficient (Wildman–Crippen LogP) is 2.09. The molecule has 0 fully saturated rings. The molecule has 0 saturated heterocycles. The van der Waals surface area contributed by atoms with Crippen LogP contribution in [0.3, 0.4) is 0 Å². The highest BCUT2D eigenvalue weighted by atomic mass is 32.2. The molecule has 0 aliphatic rings. The third-order valence-corrected chi connectivity index (χ3v) is 3.24. The molecular formula is C12H21N3S. The van der Waals surface area contributed by atoms with E-state index in [1.165, 1.54) is 5.56 Å². The number of aryl methyl sites for hydroxylation is 2. The van der Waals surface area contributed by atoms with Crippen molar-refractivity contribution in [3.05, 3.63) is 22.8 Å². The van der Waals surface area contributed by atoms with Gasteiger partial charge in [-0.3, -0.25) is 0 Å². The molecule has 90 valence electrons. The van der Waals surface area contributed by atoms with E-state index in [2.05, 4.69) is 37.0 Å². The average molecular weight is 239 g/mol. The summed E-state index contributed by atoms with van der Waals surface area (Å²) in [6, 6.07) is 0. The Morgan fingerprint density at radius 3 is 2.25 bits per heavy atom. The Labute approximate surface area is 102 Å². The zero-order valence-corrected chi connectivity index (χ0v) is 11.4. The van der Waals surface area contributed by atoms with E-state index in [4.69, 9.17) is 5.73 Å². The molecule has 0 aliphatic heterocycles. The minimum absolute atomic E-state index is 0.493. The third-order valence-electron chi connectivity index (χ3n) is 2.70. The van der Waals surface area contributed by atoms with Gasteiger partial charge in [-0.2, -0.15) is 11.8 Å². The minimum atomic E-state index is 0.493. The molecule has 0 bridgehead atoms. The molecule has 0 aliphatic carbocycles. The number of hydrogen-bond donors (Lipinski definition) is 1. The zero-order chi connectivity index (χ0) is 12.1. The topological polar surface area (TPSA) is 51.8 Å². The number of rotatable bonds is 5. The van der Waals surface area contributed by atoms with Crippen molar-refractivity contribution in [1.82, 2.24) is 9.97 Å². The van der Waals surface area contributed by atoms with Gasteiger partial charge in [0, 0.05) is 11.4 Å². The number of nitrogens with two attached hydrogens (primary N) is 1. The standard InChI is InChI=1S/C12H21N3S/c1-8(6-13)5-11-9(2)14-12(7-16-4)15-10(11)3/h8H,5-7,13H2,1-4H3. The molecule has 1 heterocycles. The Morgan fingerprint density at radius 2 is 1.81 bits per heavy atom. The number of thioether (sulfide) groups is 1. The van der Waals surface area contributed by atoms with Gasteiger partial charge < -0.3 is 5.73 Å². The summed E-state index contributed by atoms with van der Waals surface area (Å²) >= 11 is 1.75. The lowest BCUT2D eigenvalue weighted by atomic mass is 9.99. The van der Waals surface area contributed by atoms with E-state index in [0.717, 1.165) is 29.4 Å². The lowest BCUT2D eigenvalue weighted by Crippen LogP contribution is -2.16. The fourth-order valence-corrected chi connectivity index (χ4v) is 2.12. The normalized spacial score (nSPS) is 12.8. The molecular weight excluding hydrogens is 218 g/mol. The van der Waals surface area contributed by atoms with E-state index >= 15 is 0 Å². The Balaban J connectivity index is 2.93. The molecule has 2 N–H and O–H groups in total. The Bertz CT molecular complexity index is 329. The third kappa shape index (κ3) is 3.46. The number of hydrogen-bond acceptors (Lipinski definition) is 4. The van der Waals surface area contributed by atoms with Crippen molar-refractivity contribution in [1.29, 1.82) is 0 Å². The van der Waals surface area contributed by atoms with Crippen molar-refractivity contribution in [3.8, 4) is 0 Å². The van der Waals surface area contributed by atoms with Crippen LogP contribution in [0.15, 0.2) is 0 Å². The van der Waals surface area contributed by atoms with Crippen LogP contribution in [-0.2, 0) is 12.2 Å². The SMILES string of the molecule is CSCc1nc(C)c(CC(C)CN)c(C)n1. The molecule has 1 aromatic rings. The molecule has 0 spiro atoms. The van der Waals surface area contributed by atoms with Gasteiger partial charge in [0.2, 0.25) is 0 Å². The van der Waals surface area contributed by atoms with Crippen molar-refractivity contribution in [2.24, 2.45) is 11.7 Å². The van der Waals surface area contributed by atoms with Gasteiger partial charge in [-0.25, -0.2) is 9.97 Å². The molecule has 0 aromatic carbocycles. The van der Waals surface area contributed by atoms with Gasteiger partial charge in [-0.05, 0) is 44.6 Å². The molecule has 1 atom stereocenters. The van der Waals surface area contributed by atoms with Crippen LogP contribution in [0.2, 0.25) is 0 Å². The quantitative estimate of drug-likeness (QED) is 0.855. The van der Waals surface area contributed by atoms with Crippen LogP contribution in [0.4, 0.5) is 0 Å². The molecule has 0 amide bonds. The molecule has 4 heteroatoms. The maximum Gasteiger partial charge on any atom is 0.138 e. The summed E-state index contributed by atoms with van der Waals surface area (Å²) in [6.45, 7) is 7.01. The second kappa shape index (κ2) is 6.21. The van der Waals surface area contributed by atoms with E-state index < -0.39 is 0 Å². The highest BCUT2D eigenvalue weighted by Gasteiger charge is 2.11. The van der Waals surface area contributed by atoms with Gasteiger partial charge in [0.25, 0.3) is 0 Å². The molecule has 0 saturated carbocycles. The first-order valence-corrected chi connectivity index (χ1v) is 6.99. The van der Waals surface area contributed by atoms with Crippen LogP contribution in [0, 0.1) is 19.8 Å². The van der Waals surface area contributed by atoms with E-state index in [1.807, 2.05) is 0 Å².